The van der Waals surface area contributed by atoms with Crippen molar-refractivity contribution in [2.45, 2.75) is 90.3 Å². The Morgan fingerprint density at radius 3 is 1.89 bits per heavy atom. The Kier molecular flexibility index (Phi) is 7.70. The maximum atomic E-state index is 12.6. The molecule has 0 atom stereocenters. The monoisotopic (exact) mass is 396 g/mol. The summed E-state index contributed by atoms with van der Waals surface area (Å²) in [4.78, 5) is 0. The lowest BCUT2D eigenvalue weighted by atomic mass is 9.68. The molecular weight excluding hydrogens is 361 g/mol. The molecule has 2 aliphatic rings. The Labute approximate surface area is 168 Å². The van der Waals surface area contributed by atoms with E-state index >= 15 is 0 Å². The van der Waals surface area contributed by atoms with Crippen LogP contribution in [0.15, 0.2) is 24.3 Å². The fourth-order valence-corrected chi connectivity index (χ4v) is 5.60. The molecule has 0 heterocycles. The highest BCUT2D eigenvalue weighted by atomic mass is 19.4. The molecule has 4 heteroatoms. The van der Waals surface area contributed by atoms with E-state index < -0.39 is 6.36 Å². The predicted octanol–water partition coefficient (Wildman–Crippen LogP) is 7.93. The zero-order valence-corrected chi connectivity index (χ0v) is 17.1. The third kappa shape index (κ3) is 6.42. The molecule has 0 amide bonds. The van der Waals surface area contributed by atoms with Crippen LogP contribution in [0.3, 0.4) is 0 Å². The average molecular weight is 397 g/mol. The van der Waals surface area contributed by atoms with E-state index in [0.29, 0.717) is 17.9 Å². The van der Waals surface area contributed by atoms with Crippen molar-refractivity contribution in [2.24, 2.45) is 23.7 Å². The van der Waals surface area contributed by atoms with Gasteiger partial charge < -0.3 is 4.74 Å². The molecule has 28 heavy (non-hydrogen) atoms. The Morgan fingerprint density at radius 1 is 0.821 bits per heavy atom. The van der Waals surface area contributed by atoms with E-state index in [2.05, 4.69) is 11.7 Å². The number of hydrogen-bond acceptors (Lipinski definition) is 1. The van der Waals surface area contributed by atoms with Crippen molar-refractivity contribution in [1.82, 2.24) is 0 Å². The van der Waals surface area contributed by atoms with Crippen molar-refractivity contribution in [1.29, 1.82) is 0 Å². The van der Waals surface area contributed by atoms with Gasteiger partial charge in [0.1, 0.15) is 5.75 Å². The molecule has 1 aromatic rings. The van der Waals surface area contributed by atoms with Crippen molar-refractivity contribution in [2.75, 3.05) is 0 Å². The summed E-state index contributed by atoms with van der Waals surface area (Å²) in [6.07, 6.45) is 10.5. The summed E-state index contributed by atoms with van der Waals surface area (Å²) in [6, 6.07) is 6.59. The standard InChI is InChI=1S/C24H35F3O/c1-2-5-18-8-13-20(14-9-18)21-15-10-19(11-16-21)12-17-22-6-3-4-7-23(22)28-24(25,26)27/h3-4,6-7,18-21H,2,5,8-17H2,1H3/t18-,19?,20-,21?. The van der Waals surface area contributed by atoms with Crippen LogP contribution >= 0.6 is 0 Å². The van der Waals surface area contributed by atoms with Gasteiger partial charge in [0.2, 0.25) is 0 Å². The molecule has 2 fully saturated rings. The molecule has 3 rings (SSSR count). The van der Waals surface area contributed by atoms with Crippen LogP contribution in [0.4, 0.5) is 13.2 Å². The predicted molar refractivity (Wildman–Crippen MR) is 107 cm³/mol. The SMILES string of the molecule is CCC[C@H]1CC[C@H](C2CCC(CCc3ccccc3OC(F)(F)F)CC2)CC1. The summed E-state index contributed by atoms with van der Waals surface area (Å²) < 4.78 is 41.9. The minimum absolute atomic E-state index is 0.0347. The summed E-state index contributed by atoms with van der Waals surface area (Å²) in [6.45, 7) is 2.29. The number of para-hydroxylation sites is 1. The number of rotatable bonds is 7. The Hall–Kier alpha value is -1.19. The van der Waals surface area contributed by atoms with E-state index in [1.807, 2.05) is 0 Å². The molecule has 2 saturated carbocycles. The van der Waals surface area contributed by atoms with Gasteiger partial charge in [0.05, 0.1) is 0 Å². The number of aryl methyl sites for hydroxylation is 1. The highest BCUT2D eigenvalue weighted by Gasteiger charge is 2.33. The van der Waals surface area contributed by atoms with Gasteiger partial charge in [-0.3, -0.25) is 0 Å². The van der Waals surface area contributed by atoms with Crippen molar-refractivity contribution < 1.29 is 17.9 Å². The van der Waals surface area contributed by atoms with Gasteiger partial charge in [0, 0.05) is 0 Å². The molecule has 1 aromatic carbocycles. The van der Waals surface area contributed by atoms with E-state index in [-0.39, 0.29) is 5.75 Å². The molecule has 0 N–H and O–H groups in total. The third-order valence-corrected chi connectivity index (χ3v) is 7.17. The number of halogens is 3. The molecule has 1 nitrogen and oxygen atoms in total. The lowest BCUT2D eigenvalue weighted by molar-refractivity contribution is -0.274. The quantitative estimate of drug-likeness (QED) is 0.455. The van der Waals surface area contributed by atoms with Gasteiger partial charge in [-0.05, 0) is 73.8 Å². The molecule has 0 spiro atoms. The molecule has 2 aliphatic carbocycles. The second-order valence-electron chi connectivity index (χ2n) is 9.04. The minimum Gasteiger partial charge on any atom is -0.406 e. The van der Waals surface area contributed by atoms with Crippen LogP contribution in [0, 0.1) is 23.7 Å². The number of benzene rings is 1. The second-order valence-corrected chi connectivity index (χ2v) is 9.04. The normalized spacial score (nSPS) is 28.9. The van der Waals surface area contributed by atoms with Crippen LogP contribution in [0.2, 0.25) is 0 Å². The maximum absolute atomic E-state index is 12.6. The van der Waals surface area contributed by atoms with E-state index in [1.54, 1.807) is 18.2 Å². The summed E-state index contributed by atoms with van der Waals surface area (Å²) >= 11 is 0. The second kappa shape index (κ2) is 10.0. The molecule has 0 bridgehead atoms. The first-order chi connectivity index (χ1) is 13.4. The van der Waals surface area contributed by atoms with Gasteiger partial charge >= 0.3 is 6.36 Å². The van der Waals surface area contributed by atoms with Crippen molar-refractivity contribution in [3.63, 3.8) is 0 Å². The van der Waals surface area contributed by atoms with E-state index in [9.17, 15) is 13.2 Å². The Bertz CT molecular complexity index is 582. The Balaban J connectivity index is 1.42. The third-order valence-electron chi connectivity index (χ3n) is 7.17. The average Bonchev–Trinajstić information content (AvgIpc) is 2.67. The van der Waals surface area contributed by atoms with E-state index in [4.69, 9.17) is 0 Å². The van der Waals surface area contributed by atoms with Gasteiger partial charge in [0.15, 0.2) is 0 Å². The van der Waals surface area contributed by atoms with E-state index in [1.165, 1.54) is 70.3 Å². The summed E-state index contributed by atoms with van der Waals surface area (Å²) in [5.74, 6) is 3.39. The van der Waals surface area contributed by atoms with Gasteiger partial charge in [-0.15, -0.1) is 13.2 Å². The zero-order chi connectivity index (χ0) is 20.0. The van der Waals surface area contributed by atoms with Crippen molar-refractivity contribution in [3.8, 4) is 5.75 Å². The van der Waals surface area contributed by atoms with Crippen LogP contribution < -0.4 is 4.74 Å². The summed E-state index contributed by atoms with van der Waals surface area (Å²) in [5.41, 5.74) is 0.677. The number of ether oxygens (including phenoxy) is 1. The molecular formula is C24H35F3O. The molecule has 0 radical (unpaired) electrons. The van der Waals surface area contributed by atoms with Crippen molar-refractivity contribution >= 4 is 0 Å². The van der Waals surface area contributed by atoms with Crippen molar-refractivity contribution in [3.05, 3.63) is 29.8 Å². The topological polar surface area (TPSA) is 9.23 Å². The number of alkyl halides is 3. The summed E-state index contributed by atoms with van der Waals surface area (Å²) in [7, 11) is 0. The van der Waals surface area contributed by atoms with Gasteiger partial charge in [0.25, 0.3) is 0 Å². The lowest BCUT2D eigenvalue weighted by Crippen LogP contribution is -2.26. The molecule has 0 saturated heterocycles. The number of hydrogen-bond donors (Lipinski definition) is 0. The fraction of sp³-hybridized carbons (Fsp3) is 0.750. The van der Waals surface area contributed by atoms with Crippen LogP contribution in [0.5, 0.6) is 5.75 Å². The first-order valence-corrected chi connectivity index (χ1v) is 11.3. The van der Waals surface area contributed by atoms with Gasteiger partial charge in [-0.25, -0.2) is 0 Å². The van der Waals surface area contributed by atoms with Crippen LogP contribution in [0.25, 0.3) is 0 Å². The fourth-order valence-electron chi connectivity index (χ4n) is 5.60. The smallest absolute Gasteiger partial charge is 0.406 e. The van der Waals surface area contributed by atoms with Gasteiger partial charge in [-0.2, -0.15) is 0 Å². The van der Waals surface area contributed by atoms with Crippen LogP contribution in [-0.4, -0.2) is 6.36 Å². The maximum Gasteiger partial charge on any atom is 0.573 e. The largest absolute Gasteiger partial charge is 0.573 e. The summed E-state index contributed by atoms with van der Waals surface area (Å²) in [5, 5.41) is 0. The first kappa shape index (κ1) is 21.5. The molecule has 0 aliphatic heterocycles. The first-order valence-electron chi connectivity index (χ1n) is 11.3. The molecule has 0 aromatic heterocycles. The zero-order valence-electron chi connectivity index (χ0n) is 17.1. The molecule has 0 unspecified atom stereocenters. The highest BCUT2D eigenvalue weighted by Crippen LogP contribution is 2.43. The minimum atomic E-state index is -4.62. The van der Waals surface area contributed by atoms with Crippen LogP contribution in [-0.2, 0) is 6.42 Å². The Morgan fingerprint density at radius 2 is 1.36 bits per heavy atom. The van der Waals surface area contributed by atoms with Gasteiger partial charge in [-0.1, -0.05) is 63.6 Å². The molecule has 158 valence electrons. The van der Waals surface area contributed by atoms with E-state index in [0.717, 1.165) is 24.2 Å². The highest BCUT2D eigenvalue weighted by molar-refractivity contribution is 5.33. The van der Waals surface area contributed by atoms with Crippen LogP contribution in [0.1, 0.15) is 83.1 Å². The lowest BCUT2D eigenvalue weighted by Gasteiger charge is -2.38.